The molecule has 0 fully saturated rings. The summed E-state index contributed by atoms with van der Waals surface area (Å²) in [6.07, 6.45) is 1.51. The molecule has 0 saturated carbocycles. The highest BCUT2D eigenvalue weighted by molar-refractivity contribution is 5.95. The summed E-state index contributed by atoms with van der Waals surface area (Å²) >= 11 is 0. The molecule has 2 N–H and O–H groups in total. The summed E-state index contributed by atoms with van der Waals surface area (Å²) in [7, 11) is 0. The van der Waals surface area contributed by atoms with Gasteiger partial charge in [0.1, 0.15) is 0 Å². The van der Waals surface area contributed by atoms with Gasteiger partial charge in [-0.1, -0.05) is 0 Å². The number of nitrogens with zero attached hydrogens (tertiary/aromatic N) is 1. The predicted molar refractivity (Wildman–Crippen MR) is 64.0 cm³/mol. The largest absolute Gasteiger partial charge is 0.489 e. The Morgan fingerprint density at radius 1 is 1.53 bits per heavy atom. The Hall–Kier alpha value is -1.62. The Morgan fingerprint density at radius 2 is 2.24 bits per heavy atom. The highest BCUT2D eigenvalue weighted by atomic mass is 16.5. The van der Waals surface area contributed by atoms with Gasteiger partial charge in [0.05, 0.1) is 12.7 Å². The first kappa shape index (κ1) is 13.4. The molecular weight excluding hydrogens is 220 g/mol. The van der Waals surface area contributed by atoms with E-state index in [9.17, 15) is 4.79 Å². The molecule has 1 rings (SSSR count). The summed E-state index contributed by atoms with van der Waals surface area (Å²) in [4.78, 5) is 15.9. The van der Waals surface area contributed by atoms with Crippen LogP contribution in [-0.2, 0) is 0 Å². The van der Waals surface area contributed by atoms with Crippen molar-refractivity contribution >= 4 is 5.91 Å². The summed E-state index contributed by atoms with van der Waals surface area (Å²) in [5.41, 5.74) is 0.238. The number of hydrogen-bond acceptors (Lipinski definition) is 4. The van der Waals surface area contributed by atoms with E-state index in [2.05, 4.69) is 10.3 Å². The average Bonchev–Trinajstić information content (AvgIpc) is 2.28. The van der Waals surface area contributed by atoms with E-state index < -0.39 is 0 Å². The maximum absolute atomic E-state index is 11.9. The van der Waals surface area contributed by atoms with E-state index in [-0.39, 0.29) is 30.4 Å². The quantitative estimate of drug-likeness (QED) is 0.802. The molecule has 0 radical (unpaired) electrons. The normalized spacial score (nSPS) is 12.3. The molecule has 0 bridgehead atoms. The van der Waals surface area contributed by atoms with Gasteiger partial charge in [-0.3, -0.25) is 4.79 Å². The molecular formula is C12H18N2O3. The van der Waals surface area contributed by atoms with E-state index in [0.29, 0.717) is 5.75 Å². The first-order valence-electron chi connectivity index (χ1n) is 5.58. The van der Waals surface area contributed by atoms with Crippen molar-refractivity contribution in [1.82, 2.24) is 10.3 Å². The number of pyridine rings is 1. The smallest absolute Gasteiger partial charge is 0.274 e. The van der Waals surface area contributed by atoms with Gasteiger partial charge in [-0.2, -0.15) is 0 Å². The molecule has 17 heavy (non-hydrogen) atoms. The monoisotopic (exact) mass is 238 g/mol. The zero-order valence-electron chi connectivity index (χ0n) is 10.3. The molecule has 1 amide bonds. The van der Waals surface area contributed by atoms with Gasteiger partial charge >= 0.3 is 0 Å². The van der Waals surface area contributed by atoms with Crippen LogP contribution in [0.1, 0.15) is 31.3 Å². The molecule has 1 atom stereocenters. The molecule has 1 unspecified atom stereocenters. The third-order valence-electron chi connectivity index (χ3n) is 2.00. The predicted octanol–water partition coefficient (Wildman–Crippen LogP) is 0.979. The van der Waals surface area contributed by atoms with Gasteiger partial charge in [-0.15, -0.1) is 0 Å². The second-order valence-electron chi connectivity index (χ2n) is 4.07. The maximum Gasteiger partial charge on any atom is 0.274 e. The fourth-order valence-corrected chi connectivity index (χ4v) is 1.25. The second kappa shape index (κ2) is 6.20. The number of ether oxygens (including phenoxy) is 1. The zero-order chi connectivity index (χ0) is 12.8. The van der Waals surface area contributed by atoms with Crippen LogP contribution < -0.4 is 10.1 Å². The first-order valence-corrected chi connectivity index (χ1v) is 5.58. The molecule has 1 heterocycles. The van der Waals surface area contributed by atoms with Gasteiger partial charge in [0.2, 0.25) is 0 Å². The molecule has 0 saturated heterocycles. The Morgan fingerprint density at radius 3 is 2.82 bits per heavy atom. The minimum absolute atomic E-state index is 0.0268. The zero-order valence-corrected chi connectivity index (χ0v) is 10.3. The molecule has 0 spiro atoms. The summed E-state index contributed by atoms with van der Waals surface area (Å²) in [6.45, 7) is 5.36. The third kappa shape index (κ3) is 4.03. The molecule has 1 aromatic rings. The van der Waals surface area contributed by atoms with Gasteiger partial charge in [0.15, 0.2) is 11.4 Å². The van der Waals surface area contributed by atoms with Crippen LogP contribution in [0.25, 0.3) is 0 Å². The maximum atomic E-state index is 11.9. The number of carbonyl (C=O) groups is 1. The van der Waals surface area contributed by atoms with E-state index in [1.165, 1.54) is 6.20 Å². The number of carbonyl (C=O) groups excluding carboxylic acids is 1. The molecule has 0 aliphatic heterocycles. The van der Waals surface area contributed by atoms with E-state index >= 15 is 0 Å². The van der Waals surface area contributed by atoms with Gasteiger partial charge in [0, 0.05) is 12.2 Å². The van der Waals surface area contributed by atoms with Gasteiger partial charge in [-0.25, -0.2) is 4.98 Å². The van der Waals surface area contributed by atoms with Crippen molar-refractivity contribution in [2.24, 2.45) is 0 Å². The number of aliphatic hydroxyl groups is 1. The molecule has 5 nitrogen and oxygen atoms in total. The summed E-state index contributed by atoms with van der Waals surface area (Å²) in [5, 5.41) is 11.5. The minimum Gasteiger partial charge on any atom is -0.489 e. The fourth-order valence-electron chi connectivity index (χ4n) is 1.25. The van der Waals surface area contributed by atoms with Crippen molar-refractivity contribution in [3.05, 3.63) is 24.0 Å². The molecule has 1 aromatic heterocycles. The summed E-state index contributed by atoms with van der Waals surface area (Å²) in [6, 6.07) is 3.10. The van der Waals surface area contributed by atoms with Crippen molar-refractivity contribution in [2.75, 3.05) is 6.61 Å². The van der Waals surface area contributed by atoms with Crippen LogP contribution >= 0.6 is 0 Å². The SMILES string of the molecule is CC(CO)NC(=O)c1ncccc1OC(C)C. The Kier molecular flexibility index (Phi) is 4.90. The topological polar surface area (TPSA) is 71.5 Å². The van der Waals surface area contributed by atoms with Gasteiger partial charge in [-0.05, 0) is 32.9 Å². The lowest BCUT2D eigenvalue weighted by Crippen LogP contribution is -2.35. The van der Waals surface area contributed by atoms with Crippen LogP contribution in [0.4, 0.5) is 0 Å². The Bertz CT molecular complexity index is 380. The second-order valence-corrected chi connectivity index (χ2v) is 4.07. The van der Waals surface area contributed by atoms with E-state index in [0.717, 1.165) is 0 Å². The highest BCUT2D eigenvalue weighted by Gasteiger charge is 2.16. The number of nitrogens with one attached hydrogen (secondary N) is 1. The van der Waals surface area contributed by atoms with Crippen LogP contribution in [0, 0.1) is 0 Å². The standard InChI is InChI=1S/C12H18N2O3/c1-8(2)17-10-5-4-6-13-11(10)12(16)14-9(3)7-15/h4-6,8-9,15H,7H2,1-3H3,(H,14,16). The summed E-state index contributed by atoms with van der Waals surface area (Å²) < 4.78 is 5.50. The summed E-state index contributed by atoms with van der Waals surface area (Å²) in [5.74, 6) is 0.105. The number of amides is 1. The first-order chi connectivity index (χ1) is 8.04. The number of hydrogen-bond donors (Lipinski definition) is 2. The molecule has 5 heteroatoms. The lowest BCUT2D eigenvalue weighted by atomic mass is 10.2. The van der Waals surface area contributed by atoms with Crippen LogP contribution in [0.2, 0.25) is 0 Å². The lowest BCUT2D eigenvalue weighted by molar-refractivity contribution is 0.0910. The van der Waals surface area contributed by atoms with E-state index in [4.69, 9.17) is 9.84 Å². The average molecular weight is 238 g/mol. The van der Waals surface area contributed by atoms with Crippen molar-refractivity contribution in [3.8, 4) is 5.75 Å². The lowest BCUT2D eigenvalue weighted by Gasteiger charge is -2.14. The fraction of sp³-hybridized carbons (Fsp3) is 0.500. The number of aromatic nitrogens is 1. The third-order valence-corrected chi connectivity index (χ3v) is 2.00. The highest BCUT2D eigenvalue weighted by Crippen LogP contribution is 2.16. The van der Waals surface area contributed by atoms with Crippen molar-refractivity contribution in [3.63, 3.8) is 0 Å². The van der Waals surface area contributed by atoms with Crippen LogP contribution in [0.5, 0.6) is 5.75 Å². The van der Waals surface area contributed by atoms with E-state index in [1.807, 2.05) is 13.8 Å². The van der Waals surface area contributed by atoms with Gasteiger partial charge < -0.3 is 15.2 Å². The van der Waals surface area contributed by atoms with Crippen molar-refractivity contribution < 1.29 is 14.6 Å². The van der Waals surface area contributed by atoms with Crippen LogP contribution in [0.3, 0.4) is 0 Å². The van der Waals surface area contributed by atoms with E-state index in [1.54, 1.807) is 19.1 Å². The van der Waals surface area contributed by atoms with Crippen molar-refractivity contribution in [2.45, 2.75) is 32.9 Å². The minimum atomic E-state index is -0.345. The number of aliphatic hydroxyl groups excluding tert-OH is 1. The van der Waals surface area contributed by atoms with Crippen molar-refractivity contribution in [1.29, 1.82) is 0 Å². The molecule has 94 valence electrons. The van der Waals surface area contributed by atoms with Crippen LogP contribution in [0.15, 0.2) is 18.3 Å². The molecule has 0 aromatic carbocycles. The molecule has 0 aliphatic rings. The van der Waals surface area contributed by atoms with Gasteiger partial charge in [0.25, 0.3) is 5.91 Å². The Labute approximate surface area is 101 Å². The van der Waals surface area contributed by atoms with Crippen LogP contribution in [-0.4, -0.2) is 34.8 Å². The Balaban J connectivity index is 2.85. The molecule has 0 aliphatic carbocycles. The number of rotatable bonds is 5.